The van der Waals surface area contributed by atoms with Gasteiger partial charge in [0.2, 0.25) is 0 Å². The number of aryl methyl sites for hydroxylation is 3. The maximum absolute atomic E-state index is 6.17. The summed E-state index contributed by atoms with van der Waals surface area (Å²) in [5.41, 5.74) is 6.33. The zero-order valence-corrected chi connectivity index (χ0v) is 14.1. The van der Waals surface area contributed by atoms with Crippen molar-refractivity contribution in [3.8, 4) is 0 Å². The highest BCUT2D eigenvalue weighted by atomic mass is 35.5. The van der Waals surface area contributed by atoms with Gasteiger partial charge in [0, 0.05) is 5.02 Å². The number of hydrogen-bond donors (Lipinski definition) is 1. The van der Waals surface area contributed by atoms with Gasteiger partial charge in [-0.1, -0.05) is 60.0 Å². The van der Waals surface area contributed by atoms with Crippen LogP contribution in [0.5, 0.6) is 0 Å². The van der Waals surface area contributed by atoms with E-state index in [9.17, 15) is 0 Å². The second-order valence-corrected chi connectivity index (χ2v) is 6.22. The number of rotatable bonds is 5. The van der Waals surface area contributed by atoms with Gasteiger partial charge < -0.3 is 5.32 Å². The normalized spacial score (nSPS) is 12.4. The summed E-state index contributed by atoms with van der Waals surface area (Å²) in [6.07, 6.45) is 1.12. The zero-order valence-electron chi connectivity index (χ0n) is 13.3. The van der Waals surface area contributed by atoms with Gasteiger partial charge >= 0.3 is 0 Å². The van der Waals surface area contributed by atoms with E-state index in [1.807, 2.05) is 6.07 Å². The summed E-state index contributed by atoms with van der Waals surface area (Å²) in [5, 5.41) is 4.49. The molecule has 2 aromatic rings. The molecule has 0 bridgehead atoms. The van der Waals surface area contributed by atoms with E-state index in [4.69, 9.17) is 11.6 Å². The molecule has 0 amide bonds. The molecule has 2 heteroatoms. The summed E-state index contributed by atoms with van der Waals surface area (Å²) in [6, 6.07) is 13.3. The van der Waals surface area contributed by atoms with E-state index in [1.165, 1.54) is 22.3 Å². The van der Waals surface area contributed by atoms with Crippen molar-refractivity contribution in [3.63, 3.8) is 0 Å². The van der Waals surface area contributed by atoms with Crippen molar-refractivity contribution in [2.75, 3.05) is 6.54 Å². The molecular formula is C19H24ClN. The van der Waals surface area contributed by atoms with E-state index >= 15 is 0 Å². The van der Waals surface area contributed by atoms with Crippen molar-refractivity contribution in [2.45, 2.75) is 40.2 Å². The van der Waals surface area contributed by atoms with Gasteiger partial charge in [-0.2, -0.15) is 0 Å². The maximum Gasteiger partial charge on any atom is 0.0577 e. The summed E-state index contributed by atoms with van der Waals surface area (Å²) in [6.45, 7) is 9.56. The minimum absolute atomic E-state index is 0.222. The van der Waals surface area contributed by atoms with Crippen LogP contribution in [0.25, 0.3) is 0 Å². The van der Waals surface area contributed by atoms with E-state index in [2.05, 4.69) is 63.3 Å². The minimum atomic E-state index is 0.222. The van der Waals surface area contributed by atoms with E-state index < -0.39 is 0 Å². The highest BCUT2D eigenvalue weighted by Crippen LogP contribution is 2.27. The molecule has 0 aliphatic carbocycles. The van der Waals surface area contributed by atoms with Crippen molar-refractivity contribution in [3.05, 3.63) is 69.2 Å². The fraction of sp³-hybridized carbons (Fsp3) is 0.368. The first-order chi connectivity index (χ1) is 10.0. The van der Waals surface area contributed by atoms with Crippen LogP contribution < -0.4 is 5.32 Å². The van der Waals surface area contributed by atoms with Crippen LogP contribution in [-0.4, -0.2) is 6.54 Å². The van der Waals surface area contributed by atoms with Gasteiger partial charge in [-0.25, -0.2) is 0 Å². The first-order valence-electron chi connectivity index (χ1n) is 7.59. The van der Waals surface area contributed by atoms with Gasteiger partial charge in [0.05, 0.1) is 6.04 Å². The fourth-order valence-corrected chi connectivity index (χ4v) is 2.86. The Bertz CT molecular complexity index is 599. The monoisotopic (exact) mass is 301 g/mol. The Hall–Kier alpha value is -1.31. The Morgan fingerprint density at radius 1 is 0.952 bits per heavy atom. The van der Waals surface area contributed by atoms with Crippen LogP contribution in [0.3, 0.4) is 0 Å². The average molecular weight is 302 g/mol. The van der Waals surface area contributed by atoms with Gasteiger partial charge in [-0.3, -0.25) is 0 Å². The van der Waals surface area contributed by atoms with E-state index in [1.54, 1.807) is 0 Å². The Morgan fingerprint density at radius 2 is 1.62 bits per heavy atom. The van der Waals surface area contributed by atoms with Gasteiger partial charge in [-0.15, -0.1) is 0 Å². The van der Waals surface area contributed by atoms with Gasteiger partial charge in [0.1, 0.15) is 0 Å². The number of benzene rings is 2. The minimum Gasteiger partial charge on any atom is -0.306 e. The lowest BCUT2D eigenvalue weighted by molar-refractivity contribution is 0.598. The van der Waals surface area contributed by atoms with Crippen LogP contribution in [0, 0.1) is 20.8 Å². The molecule has 2 aromatic carbocycles. The first-order valence-corrected chi connectivity index (χ1v) is 7.96. The second-order valence-electron chi connectivity index (χ2n) is 5.82. The highest BCUT2D eigenvalue weighted by molar-refractivity contribution is 6.31. The molecular weight excluding hydrogens is 278 g/mol. The number of hydrogen-bond acceptors (Lipinski definition) is 1. The summed E-state index contributed by atoms with van der Waals surface area (Å²) < 4.78 is 0. The topological polar surface area (TPSA) is 12.0 Å². The molecule has 0 fully saturated rings. The standard InChI is InChI=1S/C19H24ClN/c1-5-8-21-19(16-6-7-18(20)15(4)12-16)17-10-13(2)9-14(3)11-17/h6-7,9-12,19,21H,5,8H2,1-4H3. The quantitative estimate of drug-likeness (QED) is 0.784. The van der Waals surface area contributed by atoms with E-state index in [0.29, 0.717) is 0 Å². The molecule has 1 N–H and O–H groups in total. The average Bonchev–Trinajstić information content (AvgIpc) is 2.42. The maximum atomic E-state index is 6.17. The van der Waals surface area contributed by atoms with Crippen LogP contribution in [-0.2, 0) is 0 Å². The van der Waals surface area contributed by atoms with Gasteiger partial charge in [0.25, 0.3) is 0 Å². The van der Waals surface area contributed by atoms with Gasteiger partial charge in [0.15, 0.2) is 0 Å². The van der Waals surface area contributed by atoms with Crippen molar-refractivity contribution in [1.29, 1.82) is 0 Å². The third kappa shape index (κ3) is 4.09. The zero-order chi connectivity index (χ0) is 15.4. The molecule has 1 unspecified atom stereocenters. The molecule has 1 atom stereocenters. The molecule has 0 aromatic heterocycles. The molecule has 1 nitrogen and oxygen atoms in total. The van der Waals surface area contributed by atoms with Crippen LogP contribution in [0.1, 0.15) is 47.2 Å². The number of nitrogens with one attached hydrogen (secondary N) is 1. The summed E-state index contributed by atoms with van der Waals surface area (Å²) >= 11 is 6.17. The van der Waals surface area contributed by atoms with Crippen LogP contribution in [0.2, 0.25) is 5.02 Å². The van der Waals surface area contributed by atoms with Crippen LogP contribution >= 0.6 is 11.6 Å². The summed E-state index contributed by atoms with van der Waals surface area (Å²) in [4.78, 5) is 0. The lowest BCUT2D eigenvalue weighted by Crippen LogP contribution is -2.23. The molecule has 0 saturated carbocycles. The van der Waals surface area contributed by atoms with Crippen molar-refractivity contribution < 1.29 is 0 Å². The van der Waals surface area contributed by atoms with Crippen molar-refractivity contribution in [1.82, 2.24) is 5.32 Å². The largest absolute Gasteiger partial charge is 0.306 e. The SMILES string of the molecule is CCCNC(c1cc(C)cc(C)c1)c1ccc(Cl)c(C)c1. The molecule has 21 heavy (non-hydrogen) atoms. The molecule has 112 valence electrons. The van der Waals surface area contributed by atoms with E-state index in [0.717, 1.165) is 23.6 Å². The second kappa shape index (κ2) is 7.11. The number of halogens is 1. The summed E-state index contributed by atoms with van der Waals surface area (Å²) in [5.74, 6) is 0. The Labute approximate surface area is 133 Å². The predicted octanol–water partition coefficient (Wildman–Crippen LogP) is 5.35. The molecule has 0 spiro atoms. The Kier molecular flexibility index (Phi) is 5.44. The molecule has 0 heterocycles. The first kappa shape index (κ1) is 16.1. The predicted molar refractivity (Wildman–Crippen MR) is 92.2 cm³/mol. The summed E-state index contributed by atoms with van der Waals surface area (Å²) in [7, 11) is 0. The van der Waals surface area contributed by atoms with Crippen LogP contribution in [0.4, 0.5) is 0 Å². The molecule has 0 saturated heterocycles. The fourth-order valence-electron chi connectivity index (χ4n) is 2.74. The Balaban J connectivity index is 2.43. The lowest BCUT2D eigenvalue weighted by atomic mass is 9.94. The molecule has 0 aliphatic rings. The van der Waals surface area contributed by atoms with Crippen LogP contribution in [0.15, 0.2) is 36.4 Å². The van der Waals surface area contributed by atoms with Crippen molar-refractivity contribution in [2.24, 2.45) is 0 Å². The molecule has 0 aliphatic heterocycles. The van der Waals surface area contributed by atoms with Gasteiger partial charge in [-0.05, 0) is 56.5 Å². The molecule has 2 rings (SSSR count). The highest BCUT2D eigenvalue weighted by Gasteiger charge is 2.14. The third-order valence-corrected chi connectivity index (χ3v) is 4.12. The lowest BCUT2D eigenvalue weighted by Gasteiger charge is -2.21. The molecule has 0 radical (unpaired) electrons. The Morgan fingerprint density at radius 3 is 2.19 bits per heavy atom. The van der Waals surface area contributed by atoms with Crippen molar-refractivity contribution >= 4 is 11.6 Å². The van der Waals surface area contributed by atoms with E-state index in [-0.39, 0.29) is 6.04 Å². The smallest absolute Gasteiger partial charge is 0.0577 e. The third-order valence-electron chi connectivity index (χ3n) is 3.69.